The Kier molecular flexibility index (Phi) is 5.83. The van der Waals surface area contributed by atoms with Gasteiger partial charge in [-0.25, -0.2) is 4.98 Å². The fraction of sp³-hybridized carbons (Fsp3) is 0.474. The predicted octanol–water partition coefficient (Wildman–Crippen LogP) is 1.76. The molecule has 134 valence electrons. The summed E-state index contributed by atoms with van der Waals surface area (Å²) in [5, 5.41) is 3.04. The minimum Gasteiger partial charge on any atom is -0.336 e. The fourth-order valence-corrected chi connectivity index (χ4v) is 3.19. The quantitative estimate of drug-likeness (QED) is 0.870. The van der Waals surface area contributed by atoms with Crippen molar-refractivity contribution in [1.82, 2.24) is 19.4 Å². The van der Waals surface area contributed by atoms with Crippen LogP contribution in [0.2, 0.25) is 0 Å². The third-order valence-corrected chi connectivity index (χ3v) is 4.72. The monoisotopic (exact) mass is 341 g/mol. The first-order chi connectivity index (χ1) is 12.1. The van der Waals surface area contributed by atoms with Crippen LogP contribution in [0.4, 0.5) is 5.69 Å². The van der Waals surface area contributed by atoms with Crippen molar-refractivity contribution in [3.8, 4) is 0 Å². The summed E-state index contributed by atoms with van der Waals surface area (Å²) in [5.74, 6) is 0.0684. The van der Waals surface area contributed by atoms with E-state index in [1.54, 1.807) is 0 Å². The van der Waals surface area contributed by atoms with Gasteiger partial charge in [0.05, 0.1) is 12.9 Å². The first kappa shape index (κ1) is 17.6. The third-order valence-electron chi connectivity index (χ3n) is 4.72. The summed E-state index contributed by atoms with van der Waals surface area (Å²) in [4.78, 5) is 21.0. The van der Waals surface area contributed by atoms with Gasteiger partial charge in [0.2, 0.25) is 5.91 Å². The number of hydrogen-bond donors (Lipinski definition) is 1. The molecule has 25 heavy (non-hydrogen) atoms. The molecular formula is C19H27N5O. The third kappa shape index (κ3) is 5.14. The molecule has 0 unspecified atom stereocenters. The van der Waals surface area contributed by atoms with E-state index in [-0.39, 0.29) is 5.91 Å². The largest absolute Gasteiger partial charge is 0.336 e. The highest BCUT2D eigenvalue weighted by Crippen LogP contribution is 2.16. The lowest BCUT2D eigenvalue weighted by Gasteiger charge is -2.34. The normalized spacial score (nSPS) is 16.1. The van der Waals surface area contributed by atoms with Crippen LogP contribution < -0.4 is 5.32 Å². The van der Waals surface area contributed by atoms with Gasteiger partial charge in [0.15, 0.2) is 0 Å². The van der Waals surface area contributed by atoms with Crippen LogP contribution >= 0.6 is 0 Å². The highest BCUT2D eigenvalue weighted by Gasteiger charge is 2.19. The molecular weight excluding hydrogens is 314 g/mol. The number of anilines is 1. The number of piperazine rings is 1. The number of imidazole rings is 1. The van der Waals surface area contributed by atoms with E-state index in [9.17, 15) is 4.79 Å². The maximum absolute atomic E-state index is 12.3. The molecule has 1 N–H and O–H groups in total. The Morgan fingerprint density at radius 1 is 1.12 bits per heavy atom. The van der Waals surface area contributed by atoms with Gasteiger partial charge >= 0.3 is 0 Å². The summed E-state index contributed by atoms with van der Waals surface area (Å²) in [6.07, 6.45) is 5.66. The maximum Gasteiger partial charge on any atom is 0.238 e. The second-order valence-electron chi connectivity index (χ2n) is 6.78. The molecule has 1 aromatic heterocycles. The molecule has 1 fully saturated rings. The van der Waals surface area contributed by atoms with Crippen molar-refractivity contribution in [2.75, 3.05) is 44.6 Å². The topological polar surface area (TPSA) is 53.4 Å². The zero-order valence-corrected chi connectivity index (χ0v) is 15.1. The minimum atomic E-state index is 0.0684. The summed E-state index contributed by atoms with van der Waals surface area (Å²) >= 11 is 0. The Morgan fingerprint density at radius 3 is 2.56 bits per heavy atom. The van der Waals surface area contributed by atoms with Crippen LogP contribution in [0.3, 0.4) is 0 Å². The van der Waals surface area contributed by atoms with Crippen LogP contribution in [-0.4, -0.2) is 64.5 Å². The van der Waals surface area contributed by atoms with Crippen LogP contribution in [-0.2, 0) is 11.3 Å². The summed E-state index contributed by atoms with van der Waals surface area (Å²) in [6.45, 7) is 10.4. The van der Waals surface area contributed by atoms with Crippen molar-refractivity contribution in [2.45, 2.75) is 20.4 Å². The average molecular weight is 341 g/mol. The van der Waals surface area contributed by atoms with E-state index in [0.29, 0.717) is 6.54 Å². The smallest absolute Gasteiger partial charge is 0.238 e. The van der Waals surface area contributed by atoms with E-state index in [1.165, 1.54) is 5.56 Å². The lowest BCUT2D eigenvalue weighted by Crippen LogP contribution is -2.49. The molecule has 6 nitrogen and oxygen atoms in total. The van der Waals surface area contributed by atoms with Gasteiger partial charge in [-0.05, 0) is 25.5 Å². The number of aromatic nitrogens is 2. The van der Waals surface area contributed by atoms with Crippen molar-refractivity contribution in [3.63, 3.8) is 0 Å². The number of hydrogen-bond acceptors (Lipinski definition) is 4. The molecule has 0 bridgehead atoms. The highest BCUT2D eigenvalue weighted by molar-refractivity contribution is 5.93. The highest BCUT2D eigenvalue weighted by atomic mass is 16.2. The first-order valence-electron chi connectivity index (χ1n) is 8.88. The summed E-state index contributed by atoms with van der Waals surface area (Å²) in [6, 6.07) is 6.10. The van der Waals surface area contributed by atoms with Gasteiger partial charge in [0, 0.05) is 57.3 Å². The molecule has 1 aromatic carbocycles. The predicted molar refractivity (Wildman–Crippen MR) is 99.7 cm³/mol. The Balaban J connectivity index is 1.40. The zero-order valence-electron chi connectivity index (χ0n) is 15.1. The fourth-order valence-electron chi connectivity index (χ4n) is 3.19. The molecule has 0 radical (unpaired) electrons. The summed E-state index contributed by atoms with van der Waals surface area (Å²) < 4.78 is 2.10. The van der Waals surface area contributed by atoms with Crippen LogP contribution in [0, 0.1) is 13.8 Å². The van der Waals surface area contributed by atoms with Crippen LogP contribution in [0.25, 0.3) is 0 Å². The van der Waals surface area contributed by atoms with Crippen LogP contribution in [0.1, 0.15) is 11.1 Å². The molecule has 0 saturated carbocycles. The van der Waals surface area contributed by atoms with Gasteiger partial charge < -0.3 is 9.88 Å². The first-order valence-corrected chi connectivity index (χ1v) is 8.88. The number of carbonyl (C=O) groups is 1. The Morgan fingerprint density at radius 2 is 1.88 bits per heavy atom. The number of carbonyl (C=O) groups excluding carboxylic acids is 1. The minimum absolute atomic E-state index is 0.0684. The molecule has 1 aliphatic heterocycles. The van der Waals surface area contributed by atoms with Gasteiger partial charge in [0.25, 0.3) is 0 Å². The molecule has 1 amide bonds. The molecule has 0 aliphatic carbocycles. The molecule has 2 heterocycles. The molecule has 0 atom stereocenters. The van der Waals surface area contributed by atoms with Gasteiger partial charge in [-0.15, -0.1) is 0 Å². The molecule has 1 saturated heterocycles. The van der Waals surface area contributed by atoms with Gasteiger partial charge in [0.1, 0.15) is 0 Å². The molecule has 2 aromatic rings. The van der Waals surface area contributed by atoms with Crippen LogP contribution in [0.15, 0.2) is 36.9 Å². The average Bonchev–Trinajstić information content (AvgIpc) is 3.10. The second kappa shape index (κ2) is 8.27. The van der Waals surface area contributed by atoms with Crippen molar-refractivity contribution >= 4 is 11.6 Å². The number of aryl methyl sites for hydroxylation is 2. The summed E-state index contributed by atoms with van der Waals surface area (Å²) in [7, 11) is 0. The Hall–Kier alpha value is -2.18. The second-order valence-corrected chi connectivity index (χ2v) is 6.78. The maximum atomic E-state index is 12.3. The van der Waals surface area contributed by atoms with E-state index < -0.39 is 0 Å². The van der Waals surface area contributed by atoms with E-state index in [2.05, 4.69) is 37.7 Å². The Bertz CT molecular complexity index is 690. The number of nitrogens with zero attached hydrogens (tertiary/aromatic N) is 4. The number of amides is 1. The van der Waals surface area contributed by atoms with Crippen molar-refractivity contribution < 1.29 is 4.79 Å². The lowest BCUT2D eigenvalue weighted by atomic mass is 10.1. The molecule has 3 rings (SSSR count). The van der Waals surface area contributed by atoms with Crippen LogP contribution in [0.5, 0.6) is 0 Å². The van der Waals surface area contributed by atoms with Crippen molar-refractivity contribution in [3.05, 3.63) is 48.0 Å². The van der Waals surface area contributed by atoms with E-state index in [4.69, 9.17) is 0 Å². The number of benzene rings is 1. The molecule has 6 heteroatoms. The lowest BCUT2D eigenvalue weighted by molar-refractivity contribution is -0.117. The molecule has 1 aliphatic rings. The molecule has 0 spiro atoms. The van der Waals surface area contributed by atoms with E-state index >= 15 is 0 Å². The van der Waals surface area contributed by atoms with E-state index in [0.717, 1.165) is 50.5 Å². The SMILES string of the molecule is Cc1ccc(NC(=O)CN2CCN(CCn3ccnc3)CC2)c(C)c1. The van der Waals surface area contributed by atoms with E-state index in [1.807, 2.05) is 37.8 Å². The van der Waals surface area contributed by atoms with Crippen molar-refractivity contribution in [1.29, 1.82) is 0 Å². The Labute approximate surface area is 149 Å². The summed E-state index contributed by atoms with van der Waals surface area (Å²) in [5.41, 5.74) is 3.23. The zero-order chi connectivity index (χ0) is 17.6. The van der Waals surface area contributed by atoms with Crippen molar-refractivity contribution in [2.24, 2.45) is 0 Å². The standard InChI is InChI=1S/C19H27N5O/c1-16-3-4-18(17(2)13-16)21-19(25)14-23-10-7-22(8-11-23)9-12-24-6-5-20-15-24/h3-6,13,15H,7-12,14H2,1-2H3,(H,21,25). The van der Waals surface area contributed by atoms with Gasteiger partial charge in [-0.1, -0.05) is 17.7 Å². The number of rotatable bonds is 6. The number of nitrogens with one attached hydrogen (secondary N) is 1. The van der Waals surface area contributed by atoms with Gasteiger partial charge in [-0.2, -0.15) is 0 Å². The van der Waals surface area contributed by atoms with Gasteiger partial charge in [-0.3, -0.25) is 14.6 Å².